The van der Waals surface area contributed by atoms with Gasteiger partial charge in [0.25, 0.3) is 0 Å². The summed E-state index contributed by atoms with van der Waals surface area (Å²) in [6, 6.07) is 17.8. The predicted octanol–water partition coefficient (Wildman–Crippen LogP) is 5.73. The number of piperidine rings is 1. The highest BCUT2D eigenvalue weighted by molar-refractivity contribution is 5.99. The fourth-order valence-corrected chi connectivity index (χ4v) is 5.44. The molecule has 0 atom stereocenters. The molecule has 0 saturated carbocycles. The average molecular weight is 529 g/mol. The van der Waals surface area contributed by atoms with Gasteiger partial charge in [0.2, 0.25) is 5.91 Å². The summed E-state index contributed by atoms with van der Waals surface area (Å²) in [5.41, 5.74) is 6.78. The number of aromatic nitrogens is 6. The van der Waals surface area contributed by atoms with E-state index in [1.165, 1.54) is 19.3 Å². The van der Waals surface area contributed by atoms with E-state index in [2.05, 4.69) is 47.5 Å². The van der Waals surface area contributed by atoms with E-state index in [-0.39, 0.29) is 5.91 Å². The zero-order valence-electron chi connectivity index (χ0n) is 21.9. The Hall–Kier alpha value is -5.05. The second-order valence-electron chi connectivity index (χ2n) is 10.2. The maximum atomic E-state index is 12.6. The van der Waals surface area contributed by atoms with Crippen molar-refractivity contribution in [3.05, 3.63) is 84.9 Å². The first-order valence-electron chi connectivity index (χ1n) is 13.6. The summed E-state index contributed by atoms with van der Waals surface area (Å²) >= 11 is 0. The fourth-order valence-electron chi connectivity index (χ4n) is 5.44. The maximum absolute atomic E-state index is 12.6. The first kappa shape index (κ1) is 24.0. The molecule has 198 valence electrons. The Bertz CT molecular complexity index is 1820. The van der Waals surface area contributed by atoms with Gasteiger partial charge in [-0.3, -0.25) is 14.9 Å². The molecule has 0 unspecified atom stereocenters. The van der Waals surface area contributed by atoms with Gasteiger partial charge in [0.1, 0.15) is 11.5 Å². The summed E-state index contributed by atoms with van der Waals surface area (Å²) in [6.07, 6.45) is 11.1. The maximum Gasteiger partial charge on any atom is 0.228 e. The van der Waals surface area contributed by atoms with Crippen LogP contribution in [0, 0.1) is 0 Å². The smallest absolute Gasteiger partial charge is 0.228 e. The van der Waals surface area contributed by atoms with Gasteiger partial charge in [-0.15, -0.1) is 0 Å². The van der Waals surface area contributed by atoms with Gasteiger partial charge in [0.15, 0.2) is 5.65 Å². The van der Waals surface area contributed by atoms with E-state index >= 15 is 0 Å². The van der Waals surface area contributed by atoms with E-state index in [0.29, 0.717) is 17.8 Å². The summed E-state index contributed by atoms with van der Waals surface area (Å²) in [4.78, 5) is 32.2. The molecule has 3 N–H and O–H groups in total. The van der Waals surface area contributed by atoms with Crippen molar-refractivity contribution in [1.29, 1.82) is 0 Å². The number of rotatable bonds is 6. The molecule has 0 spiro atoms. The van der Waals surface area contributed by atoms with Gasteiger partial charge in [-0.1, -0.05) is 30.3 Å². The van der Waals surface area contributed by atoms with Crippen LogP contribution in [-0.4, -0.2) is 49.1 Å². The number of aromatic amines is 2. The minimum atomic E-state index is -0.0897. The van der Waals surface area contributed by atoms with E-state index in [4.69, 9.17) is 4.98 Å². The second-order valence-corrected chi connectivity index (χ2v) is 10.2. The molecule has 5 aromatic heterocycles. The lowest BCUT2D eigenvalue weighted by Gasteiger charge is -2.28. The highest BCUT2D eigenvalue weighted by Crippen LogP contribution is 2.34. The van der Waals surface area contributed by atoms with Crippen molar-refractivity contribution in [2.45, 2.75) is 25.7 Å². The van der Waals surface area contributed by atoms with Crippen molar-refractivity contribution in [3.63, 3.8) is 0 Å². The van der Waals surface area contributed by atoms with Gasteiger partial charge in [0, 0.05) is 53.6 Å². The normalized spacial score (nSPS) is 13.7. The Balaban J connectivity index is 1.19. The summed E-state index contributed by atoms with van der Waals surface area (Å²) in [5, 5.41) is 12.6. The number of carbonyl (C=O) groups is 1. The van der Waals surface area contributed by atoms with Crippen LogP contribution < -0.4 is 10.2 Å². The van der Waals surface area contributed by atoms with Crippen LogP contribution >= 0.6 is 0 Å². The first-order valence-corrected chi connectivity index (χ1v) is 13.6. The molecule has 1 aliphatic heterocycles. The van der Waals surface area contributed by atoms with Gasteiger partial charge in [0.05, 0.1) is 29.5 Å². The predicted molar refractivity (Wildman–Crippen MR) is 157 cm³/mol. The monoisotopic (exact) mass is 528 g/mol. The number of pyridine rings is 3. The Morgan fingerprint density at radius 1 is 0.900 bits per heavy atom. The molecule has 9 nitrogen and oxygen atoms in total. The lowest BCUT2D eigenvalue weighted by atomic mass is 10.1. The molecule has 1 saturated heterocycles. The molecule has 1 aliphatic rings. The number of hydrogen-bond acceptors (Lipinski definition) is 6. The second kappa shape index (κ2) is 10.3. The Kier molecular flexibility index (Phi) is 6.16. The van der Waals surface area contributed by atoms with Crippen molar-refractivity contribution >= 4 is 39.3 Å². The van der Waals surface area contributed by atoms with Crippen molar-refractivity contribution < 1.29 is 4.79 Å². The number of carbonyl (C=O) groups excluding carboxylic acids is 1. The van der Waals surface area contributed by atoms with Crippen LogP contribution in [0.2, 0.25) is 0 Å². The molecular weight excluding hydrogens is 500 g/mol. The van der Waals surface area contributed by atoms with Crippen molar-refractivity contribution in [1.82, 2.24) is 30.1 Å². The highest BCUT2D eigenvalue weighted by atomic mass is 16.1. The standard InChI is InChI=1S/C31H28N8O/c40-28(13-20-7-3-1-4-8-20)35-23-14-21(17-32-19-23)22-15-25-29(37-38-30(25)34-18-22)27-16-24-26(36-27)9-10-33-31(24)39-11-5-2-6-12-39/h1,3-4,7-10,14-19,36H,2,5-6,11-13H2,(H,35,40)(H,34,37,38). The SMILES string of the molecule is O=C(Cc1ccccc1)Nc1cncc(-c2cnc3[nH]nc(-c4cc5c(N6CCCCC6)nccc5[nH]4)c3c2)c1. The molecular formula is C31H28N8O. The molecule has 1 amide bonds. The number of H-pyrrole nitrogens is 2. The molecule has 9 heteroatoms. The number of amides is 1. The highest BCUT2D eigenvalue weighted by Gasteiger charge is 2.19. The molecule has 6 aromatic rings. The average Bonchev–Trinajstić information content (AvgIpc) is 3.62. The molecule has 0 radical (unpaired) electrons. The third-order valence-corrected chi connectivity index (χ3v) is 7.42. The lowest BCUT2D eigenvalue weighted by Crippen LogP contribution is -2.30. The Morgan fingerprint density at radius 2 is 1.75 bits per heavy atom. The van der Waals surface area contributed by atoms with Crippen LogP contribution in [-0.2, 0) is 11.2 Å². The van der Waals surface area contributed by atoms with Gasteiger partial charge in [-0.05, 0) is 49.1 Å². The molecule has 7 rings (SSSR count). The Labute approximate surface area is 230 Å². The largest absolute Gasteiger partial charge is 0.356 e. The molecule has 0 aliphatic carbocycles. The van der Waals surface area contributed by atoms with Gasteiger partial charge in [-0.25, -0.2) is 9.97 Å². The van der Waals surface area contributed by atoms with Crippen LogP contribution in [0.1, 0.15) is 24.8 Å². The fraction of sp³-hybridized carbons (Fsp3) is 0.194. The van der Waals surface area contributed by atoms with Gasteiger partial charge >= 0.3 is 0 Å². The number of anilines is 2. The van der Waals surface area contributed by atoms with Crippen LogP contribution in [0.25, 0.3) is 44.5 Å². The molecule has 1 fully saturated rings. The molecule has 6 heterocycles. The quantitative estimate of drug-likeness (QED) is 0.254. The molecule has 1 aromatic carbocycles. The number of hydrogen-bond donors (Lipinski definition) is 3. The number of nitrogens with one attached hydrogen (secondary N) is 3. The van der Waals surface area contributed by atoms with E-state index in [1.54, 1.807) is 18.6 Å². The summed E-state index contributed by atoms with van der Waals surface area (Å²) in [5.74, 6) is 0.934. The zero-order valence-corrected chi connectivity index (χ0v) is 21.9. The summed E-state index contributed by atoms with van der Waals surface area (Å²) in [6.45, 7) is 2.07. The van der Waals surface area contributed by atoms with Crippen LogP contribution in [0.5, 0.6) is 0 Å². The van der Waals surface area contributed by atoms with Crippen LogP contribution in [0.15, 0.2) is 79.4 Å². The topological polar surface area (TPSA) is 115 Å². The Morgan fingerprint density at radius 3 is 2.62 bits per heavy atom. The molecule has 0 bridgehead atoms. The number of fused-ring (bicyclic) bond motifs is 2. The van der Waals surface area contributed by atoms with Gasteiger partial charge in [-0.2, -0.15) is 5.10 Å². The van der Waals surface area contributed by atoms with Gasteiger partial charge < -0.3 is 15.2 Å². The minimum absolute atomic E-state index is 0.0897. The van der Waals surface area contributed by atoms with E-state index in [1.807, 2.05) is 48.7 Å². The van der Waals surface area contributed by atoms with Crippen molar-refractivity contribution in [2.24, 2.45) is 0 Å². The summed E-state index contributed by atoms with van der Waals surface area (Å²) < 4.78 is 0. The number of benzene rings is 1. The van der Waals surface area contributed by atoms with E-state index in [0.717, 1.165) is 63.3 Å². The third-order valence-electron chi connectivity index (χ3n) is 7.42. The molecule has 40 heavy (non-hydrogen) atoms. The number of nitrogens with zero attached hydrogens (tertiary/aromatic N) is 5. The van der Waals surface area contributed by atoms with E-state index in [9.17, 15) is 4.79 Å². The first-order chi connectivity index (χ1) is 19.7. The van der Waals surface area contributed by atoms with Crippen LogP contribution in [0.4, 0.5) is 11.5 Å². The van der Waals surface area contributed by atoms with E-state index < -0.39 is 0 Å². The minimum Gasteiger partial charge on any atom is -0.356 e. The summed E-state index contributed by atoms with van der Waals surface area (Å²) in [7, 11) is 0. The zero-order chi connectivity index (χ0) is 26.9. The van der Waals surface area contributed by atoms with Crippen LogP contribution in [0.3, 0.4) is 0 Å². The van der Waals surface area contributed by atoms with Crippen molar-refractivity contribution in [2.75, 3.05) is 23.3 Å². The lowest BCUT2D eigenvalue weighted by molar-refractivity contribution is -0.115. The van der Waals surface area contributed by atoms with Crippen molar-refractivity contribution in [3.8, 4) is 22.5 Å². The third kappa shape index (κ3) is 4.66.